The van der Waals surface area contributed by atoms with E-state index >= 15 is 0 Å². The molecule has 3 saturated heterocycles. The van der Waals surface area contributed by atoms with Crippen molar-refractivity contribution in [1.82, 2.24) is 40.0 Å². The lowest BCUT2D eigenvalue weighted by molar-refractivity contribution is -0.145. The van der Waals surface area contributed by atoms with Crippen molar-refractivity contribution in [2.75, 3.05) is 40.0 Å². The van der Waals surface area contributed by atoms with Gasteiger partial charge in [-0.15, -0.1) is 0 Å². The molecule has 13 heteroatoms. The minimum atomic E-state index is -1.22. The maximum absolute atomic E-state index is 14.8. The number of likely N-dealkylation sites (tertiary alicyclic amines) is 2. The Morgan fingerprint density at radius 2 is 1.65 bits per heavy atom. The van der Waals surface area contributed by atoms with Gasteiger partial charge in [0, 0.05) is 32.8 Å². The zero-order valence-corrected chi connectivity index (χ0v) is 36.6. The van der Waals surface area contributed by atoms with Crippen molar-refractivity contribution in [3.63, 3.8) is 0 Å². The van der Waals surface area contributed by atoms with Crippen LogP contribution in [0, 0.1) is 17.8 Å². The molecular weight excluding hydrogens is 793 g/mol. The molecule has 4 bridgehead atoms. The summed E-state index contributed by atoms with van der Waals surface area (Å²) in [5.41, 5.74) is 8.90. The molecule has 4 N–H and O–H groups in total. The number of methoxy groups -OCH3 is 1. The Hall–Kier alpha value is -5.18. The van der Waals surface area contributed by atoms with Gasteiger partial charge >= 0.3 is 0 Å². The number of aryl methyl sites for hydroxylation is 1. The van der Waals surface area contributed by atoms with Gasteiger partial charge in [-0.2, -0.15) is 0 Å². The number of ether oxygens (including phenoxy) is 2. The van der Waals surface area contributed by atoms with Gasteiger partial charge in [-0.1, -0.05) is 80.6 Å². The van der Waals surface area contributed by atoms with Crippen molar-refractivity contribution in [2.24, 2.45) is 17.8 Å². The number of hydrogen-bond donors (Lipinski definition) is 4. The van der Waals surface area contributed by atoms with Crippen LogP contribution in [0.25, 0.3) is 22.4 Å². The van der Waals surface area contributed by atoms with E-state index in [0.717, 1.165) is 97.8 Å². The van der Waals surface area contributed by atoms with Crippen LogP contribution in [0.1, 0.15) is 105 Å². The van der Waals surface area contributed by atoms with Crippen molar-refractivity contribution in [3.8, 4) is 11.3 Å². The van der Waals surface area contributed by atoms with Gasteiger partial charge < -0.3 is 34.3 Å². The first-order chi connectivity index (χ1) is 30.7. The molecule has 8 atom stereocenters. The normalized spacial score (nSPS) is 26.0. The molecule has 3 aliphatic heterocycles. The topological polar surface area (TPSA) is 152 Å². The van der Waals surface area contributed by atoms with Crippen molar-refractivity contribution in [3.05, 3.63) is 119 Å². The van der Waals surface area contributed by atoms with Crippen LogP contribution in [0.3, 0.4) is 0 Å². The van der Waals surface area contributed by atoms with E-state index in [0.29, 0.717) is 25.7 Å². The number of aliphatic hydroxyl groups excluding tert-OH is 1. The second-order valence-electron chi connectivity index (χ2n) is 18.6. The van der Waals surface area contributed by atoms with Crippen molar-refractivity contribution in [2.45, 2.75) is 95.4 Å². The molecule has 330 valence electrons. The lowest BCUT2D eigenvalue weighted by Crippen LogP contribution is -2.52. The predicted molar refractivity (Wildman–Crippen MR) is 240 cm³/mol. The molecule has 5 heterocycles. The van der Waals surface area contributed by atoms with E-state index in [4.69, 9.17) is 19.4 Å². The highest BCUT2D eigenvalue weighted by Gasteiger charge is 2.52. The molecule has 4 aromatic rings. The molecule has 8 unspecified atom stereocenters. The van der Waals surface area contributed by atoms with Crippen LogP contribution in [-0.4, -0.2) is 110 Å². The number of fused-ring (bicyclic) bond motifs is 5. The SMILES string of the molecule is COC(O)NC(C(=O)N1CCCC1c1ncc(-c2ccc3c(c2)CCC2C=C(c4cnc(C5C6CCC(C6)N5C(=O)C(c5ccccc5)N5CCOCC5)[nH]4)C=CC3=C2)[nH]1)C(C)C. The second-order valence-corrected chi connectivity index (χ2v) is 18.6. The Kier molecular flexibility index (Phi) is 11.8. The summed E-state index contributed by atoms with van der Waals surface area (Å²) in [4.78, 5) is 52.1. The van der Waals surface area contributed by atoms with Crippen molar-refractivity contribution >= 4 is 23.0 Å². The average Bonchev–Trinajstić information content (AvgIpc) is 4.17. The Bertz CT molecular complexity index is 2400. The van der Waals surface area contributed by atoms with Crippen molar-refractivity contribution < 1.29 is 24.2 Å². The fourth-order valence-electron chi connectivity index (χ4n) is 11.2. The third-order valence-electron chi connectivity index (χ3n) is 14.4. The summed E-state index contributed by atoms with van der Waals surface area (Å²) in [5, 5.41) is 13.0. The number of morpholine rings is 1. The molecule has 3 aliphatic carbocycles. The van der Waals surface area contributed by atoms with Gasteiger partial charge in [0.1, 0.15) is 17.7 Å². The molecule has 2 aromatic heterocycles. The third-order valence-corrected chi connectivity index (χ3v) is 14.4. The minimum absolute atomic E-state index is 0.0362. The number of hydrogen-bond acceptors (Lipinski definition) is 9. The smallest absolute Gasteiger partial charge is 0.245 e. The van der Waals surface area contributed by atoms with E-state index in [2.05, 4.69) is 79.7 Å². The van der Waals surface area contributed by atoms with Gasteiger partial charge in [0.2, 0.25) is 18.2 Å². The van der Waals surface area contributed by atoms with E-state index in [1.165, 1.54) is 23.8 Å². The first-order valence-corrected chi connectivity index (χ1v) is 23.1. The van der Waals surface area contributed by atoms with E-state index < -0.39 is 12.5 Å². The number of amides is 2. The van der Waals surface area contributed by atoms with Gasteiger partial charge in [0.15, 0.2) is 0 Å². The first kappa shape index (κ1) is 41.8. The molecule has 13 nitrogen and oxygen atoms in total. The lowest BCUT2D eigenvalue weighted by atomic mass is 9.94. The fourth-order valence-corrected chi connectivity index (χ4v) is 11.2. The molecule has 0 spiro atoms. The Morgan fingerprint density at radius 1 is 0.889 bits per heavy atom. The predicted octanol–water partition coefficient (Wildman–Crippen LogP) is 6.72. The number of aliphatic hydroxyl groups is 1. The lowest BCUT2D eigenvalue weighted by Gasteiger charge is -2.41. The summed E-state index contributed by atoms with van der Waals surface area (Å²) in [6.45, 7) is 7.32. The minimum Gasteiger partial charge on any atom is -0.379 e. The number of imidazole rings is 2. The largest absolute Gasteiger partial charge is 0.379 e. The maximum atomic E-state index is 14.8. The molecule has 1 saturated carbocycles. The summed E-state index contributed by atoms with van der Waals surface area (Å²) in [6.07, 6.45) is 18.6. The standard InChI is InChI=1S/C50H60N8O5/c1-30(2)43(55-50(61)62-3)48(59)57-19-7-10-42(57)46-51-28-41(53-46)36-16-18-39-33-13-14-35(25-31(24-33)11-12-34(39)26-36)40-29-52-47(54-40)44-37-15-17-38(27-37)58(44)49(60)45(32-8-5-4-6-9-32)56-20-22-63-23-21-56/h4-6,8-9,13-14,16,18,24-26,28-31,37-38,42-45,50,55,61H,7,10-12,15,17,19-23,27H2,1-3H3,(H,51,53)(H,52,54). The zero-order valence-electron chi connectivity index (χ0n) is 36.6. The number of aromatic nitrogens is 4. The molecule has 2 aromatic carbocycles. The molecule has 63 heavy (non-hydrogen) atoms. The quantitative estimate of drug-likeness (QED) is 0.114. The number of piperidine rings is 1. The van der Waals surface area contributed by atoms with Crippen LogP contribution >= 0.6 is 0 Å². The number of nitrogens with one attached hydrogen (secondary N) is 3. The van der Waals surface area contributed by atoms with Crippen LogP contribution in [0.2, 0.25) is 0 Å². The van der Waals surface area contributed by atoms with Crippen LogP contribution < -0.4 is 5.32 Å². The van der Waals surface area contributed by atoms with Gasteiger partial charge in [-0.05, 0) is 102 Å². The molecule has 6 aliphatic rings. The number of carbonyl (C=O) groups excluding carboxylic acids is 2. The van der Waals surface area contributed by atoms with E-state index in [-0.39, 0.29) is 47.8 Å². The van der Waals surface area contributed by atoms with Crippen LogP contribution in [0.15, 0.2) is 85.2 Å². The van der Waals surface area contributed by atoms with Gasteiger partial charge in [-0.25, -0.2) is 9.97 Å². The van der Waals surface area contributed by atoms with Gasteiger partial charge in [-0.3, -0.25) is 19.8 Å². The molecular formula is C50H60N8O5. The molecule has 4 fully saturated rings. The highest BCUT2D eigenvalue weighted by atomic mass is 16.6. The highest BCUT2D eigenvalue weighted by molar-refractivity contribution is 5.86. The fraction of sp³-hybridized carbons (Fsp3) is 0.480. The monoisotopic (exact) mass is 852 g/mol. The Balaban J connectivity index is 0.849. The molecule has 2 amide bonds. The Labute approximate surface area is 369 Å². The van der Waals surface area contributed by atoms with Crippen LogP contribution in [-0.2, 0) is 25.5 Å². The van der Waals surface area contributed by atoms with E-state index in [1.54, 1.807) is 0 Å². The third kappa shape index (κ3) is 8.14. The van der Waals surface area contributed by atoms with E-state index in [9.17, 15) is 14.7 Å². The number of carbonyl (C=O) groups is 2. The van der Waals surface area contributed by atoms with Gasteiger partial charge in [0.25, 0.3) is 0 Å². The highest BCUT2D eigenvalue weighted by Crippen LogP contribution is 2.51. The second kappa shape index (κ2) is 17.8. The van der Waals surface area contributed by atoms with Crippen LogP contribution in [0.4, 0.5) is 0 Å². The molecule has 10 rings (SSSR count). The number of H-pyrrole nitrogens is 2. The maximum Gasteiger partial charge on any atom is 0.245 e. The summed E-state index contributed by atoms with van der Waals surface area (Å²) in [5.74, 6) is 2.39. The summed E-state index contributed by atoms with van der Waals surface area (Å²) >= 11 is 0. The average molecular weight is 853 g/mol. The Morgan fingerprint density at radius 3 is 2.46 bits per heavy atom. The van der Waals surface area contributed by atoms with Crippen LogP contribution in [0.5, 0.6) is 0 Å². The zero-order chi connectivity index (χ0) is 43.2. The van der Waals surface area contributed by atoms with Crippen molar-refractivity contribution in [1.29, 1.82) is 0 Å². The number of aromatic amines is 2. The summed E-state index contributed by atoms with van der Waals surface area (Å²) in [7, 11) is 1.41. The number of nitrogens with zero attached hydrogens (tertiary/aromatic N) is 5. The summed E-state index contributed by atoms with van der Waals surface area (Å²) < 4.78 is 10.7. The number of rotatable bonds is 12. The first-order valence-electron chi connectivity index (χ1n) is 23.1. The van der Waals surface area contributed by atoms with Gasteiger partial charge in [0.05, 0.1) is 55.1 Å². The molecule has 0 radical (unpaired) electrons. The van der Waals surface area contributed by atoms with E-state index in [1.807, 2.05) is 49.3 Å². The number of allylic oxidation sites excluding steroid dienone is 6. The summed E-state index contributed by atoms with van der Waals surface area (Å²) in [6, 6.07) is 16.0. The number of benzene rings is 2.